The second-order valence-corrected chi connectivity index (χ2v) is 7.48. The molecular formula is C21H17N5O2S. The highest BCUT2D eigenvalue weighted by Gasteiger charge is 2.15. The van der Waals surface area contributed by atoms with Crippen LogP contribution < -0.4 is 4.74 Å². The number of rotatable bonds is 5. The summed E-state index contributed by atoms with van der Waals surface area (Å²) in [6.07, 6.45) is 0. The molecule has 0 unspecified atom stereocenters. The van der Waals surface area contributed by atoms with Gasteiger partial charge in [0, 0.05) is 17.0 Å². The number of aryl methyl sites for hydroxylation is 1. The van der Waals surface area contributed by atoms with Crippen LogP contribution in [0, 0.1) is 6.92 Å². The Morgan fingerprint density at radius 3 is 2.69 bits per heavy atom. The highest BCUT2D eigenvalue weighted by molar-refractivity contribution is 7.98. The highest BCUT2D eigenvalue weighted by atomic mass is 32.2. The predicted molar refractivity (Wildman–Crippen MR) is 111 cm³/mol. The van der Waals surface area contributed by atoms with Crippen molar-refractivity contribution in [2.45, 2.75) is 17.8 Å². The van der Waals surface area contributed by atoms with Crippen LogP contribution in [0.4, 0.5) is 0 Å². The first-order chi connectivity index (χ1) is 14.2. The van der Waals surface area contributed by atoms with Gasteiger partial charge in [0.05, 0.1) is 18.4 Å². The standard InChI is InChI=1S/C21H17N5O2S/c1-13-10-18-22-25-21(26(18)17-11-15(27-2)8-9-16(13)17)29-12-19-23-24-20(28-19)14-6-4-3-5-7-14/h3-11H,12H2,1-2H3. The van der Waals surface area contributed by atoms with Crippen LogP contribution in [-0.2, 0) is 5.75 Å². The quantitative estimate of drug-likeness (QED) is 0.399. The SMILES string of the molecule is COc1ccc2c(C)cc3nnc(SCc4nnc(-c5ccccc5)o4)n3c2c1. The van der Waals surface area contributed by atoms with Crippen LogP contribution in [-0.4, -0.2) is 31.9 Å². The maximum absolute atomic E-state index is 5.80. The Labute approximate surface area is 170 Å². The first-order valence-electron chi connectivity index (χ1n) is 9.06. The minimum Gasteiger partial charge on any atom is -0.497 e. The molecule has 0 fully saturated rings. The third-order valence-electron chi connectivity index (χ3n) is 4.69. The Hall–Kier alpha value is -3.39. The first kappa shape index (κ1) is 17.7. The van der Waals surface area contributed by atoms with Crippen LogP contribution in [0.25, 0.3) is 28.0 Å². The molecule has 0 aliphatic carbocycles. The number of hydrogen-bond donors (Lipinski definition) is 0. The molecular weight excluding hydrogens is 386 g/mol. The molecule has 2 aromatic carbocycles. The van der Waals surface area contributed by atoms with Gasteiger partial charge in [-0.15, -0.1) is 20.4 Å². The maximum atomic E-state index is 5.80. The Bertz CT molecular complexity index is 1310. The van der Waals surface area contributed by atoms with Crippen LogP contribution in [0.3, 0.4) is 0 Å². The summed E-state index contributed by atoms with van der Waals surface area (Å²) in [6, 6.07) is 17.8. The van der Waals surface area contributed by atoms with E-state index in [4.69, 9.17) is 9.15 Å². The molecule has 0 atom stereocenters. The summed E-state index contributed by atoms with van der Waals surface area (Å²) in [4.78, 5) is 0. The van der Waals surface area contributed by atoms with Crippen molar-refractivity contribution in [2.75, 3.05) is 7.11 Å². The third-order valence-corrected chi connectivity index (χ3v) is 5.60. The predicted octanol–water partition coefficient (Wildman–Crippen LogP) is 4.54. The number of fused-ring (bicyclic) bond motifs is 3. The molecule has 0 spiro atoms. The lowest BCUT2D eigenvalue weighted by Gasteiger charge is -2.09. The monoisotopic (exact) mass is 403 g/mol. The maximum Gasteiger partial charge on any atom is 0.247 e. The van der Waals surface area contributed by atoms with Crippen LogP contribution in [0.2, 0.25) is 0 Å². The van der Waals surface area contributed by atoms with Gasteiger partial charge in [-0.3, -0.25) is 4.40 Å². The molecule has 29 heavy (non-hydrogen) atoms. The Morgan fingerprint density at radius 2 is 1.86 bits per heavy atom. The van der Waals surface area contributed by atoms with Gasteiger partial charge >= 0.3 is 0 Å². The normalized spacial score (nSPS) is 11.4. The number of pyridine rings is 1. The zero-order chi connectivity index (χ0) is 19.8. The number of benzene rings is 2. The van der Waals surface area contributed by atoms with Gasteiger partial charge in [0.25, 0.3) is 0 Å². The zero-order valence-electron chi connectivity index (χ0n) is 15.9. The molecule has 5 rings (SSSR count). The molecule has 0 aliphatic heterocycles. The zero-order valence-corrected chi connectivity index (χ0v) is 16.7. The average Bonchev–Trinajstić information content (AvgIpc) is 3.39. The first-order valence-corrected chi connectivity index (χ1v) is 10.0. The smallest absolute Gasteiger partial charge is 0.247 e. The fraction of sp³-hybridized carbons (Fsp3) is 0.143. The Balaban J connectivity index is 1.48. The molecule has 7 nitrogen and oxygen atoms in total. The van der Waals surface area contributed by atoms with Crippen molar-refractivity contribution in [3.05, 3.63) is 66.1 Å². The molecule has 0 aliphatic rings. The molecule has 0 radical (unpaired) electrons. The molecule has 0 saturated carbocycles. The number of thioether (sulfide) groups is 1. The van der Waals surface area contributed by atoms with E-state index in [9.17, 15) is 0 Å². The van der Waals surface area contributed by atoms with Crippen molar-refractivity contribution in [1.29, 1.82) is 0 Å². The van der Waals surface area contributed by atoms with Gasteiger partial charge in [0.2, 0.25) is 11.8 Å². The summed E-state index contributed by atoms with van der Waals surface area (Å²) in [6.45, 7) is 2.07. The average molecular weight is 403 g/mol. The van der Waals surface area contributed by atoms with Crippen molar-refractivity contribution in [2.24, 2.45) is 0 Å². The lowest BCUT2D eigenvalue weighted by Crippen LogP contribution is -1.95. The summed E-state index contributed by atoms with van der Waals surface area (Å²) >= 11 is 1.50. The van der Waals surface area contributed by atoms with Crippen LogP contribution in [0.1, 0.15) is 11.5 Å². The van der Waals surface area contributed by atoms with Crippen LogP contribution >= 0.6 is 11.8 Å². The summed E-state index contributed by atoms with van der Waals surface area (Å²) in [5.74, 6) is 2.34. The third kappa shape index (κ3) is 3.21. The van der Waals surface area contributed by atoms with E-state index < -0.39 is 0 Å². The van der Waals surface area contributed by atoms with Crippen molar-refractivity contribution in [3.8, 4) is 17.2 Å². The summed E-state index contributed by atoms with van der Waals surface area (Å²) in [7, 11) is 1.66. The van der Waals surface area contributed by atoms with Gasteiger partial charge in [-0.1, -0.05) is 30.0 Å². The van der Waals surface area contributed by atoms with Crippen molar-refractivity contribution < 1.29 is 9.15 Å². The van der Waals surface area contributed by atoms with Gasteiger partial charge in [-0.25, -0.2) is 0 Å². The fourth-order valence-electron chi connectivity index (χ4n) is 3.26. The topological polar surface area (TPSA) is 78.3 Å². The van der Waals surface area contributed by atoms with E-state index in [1.807, 2.05) is 52.9 Å². The highest BCUT2D eigenvalue weighted by Crippen LogP contribution is 2.30. The number of aromatic nitrogens is 5. The van der Waals surface area contributed by atoms with Crippen molar-refractivity contribution in [3.63, 3.8) is 0 Å². The van der Waals surface area contributed by atoms with Gasteiger partial charge in [-0.05, 0) is 42.8 Å². The number of ether oxygens (including phenoxy) is 1. The molecule has 0 amide bonds. The summed E-state index contributed by atoms with van der Waals surface area (Å²) in [5.41, 5.74) is 3.84. The van der Waals surface area contributed by atoms with E-state index in [-0.39, 0.29) is 0 Å². The summed E-state index contributed by atoms with van der Waals surface area (Å²) < 4.78 is 13.2. The second-order valence-electron chi connectivity index (χ2n) is 6.54. The molecule has 0 bridgehead atoms. The van der Waals surface area contributed by atoms with E-state index in [1.54, 1.807) is 7.11 Å². The van der Waals surface area contributed by atoms with E-state index in [1.165, 1.54) is 11.8 Å². The van der Waals surface area contributed by atoms with E-state index >= 15 is 0 Å². The van der Waals surface area contributed by atoms with E-state index in [2.05, 4.69) is 33.4 Å². The molecule has 8 heteroatoms. The Morgan fingerprint density at radius 1 is 1.00 bits per heavy atom. The number of nitrogens with zero attached hydrogens (tertiary/aromatic N) is 5. The van der Waals surface area contributed by atoms with Crippen LogP contribution in [0.15, 0.2) is 64.2 Å². The largest absolute Gasteiger partial charge is 0.497 e. The van der Waals surface area contributed by atoms with Gasteiger partial charge in [0.15, 0.2) is 10.8 Å². The lowest BCUT2D eigenvalue weighted by molar-refractivity contribution is 0.415. The number of hydrogen-bond acceptors (Lipinski definition) is 7. The van der Waals surface area contributed by atoms with E-state index in [0.717, 1.165) is 38.6 Å². The van der Waals surface area contributed by atoms with Gasteiger partial charge in [-0.2, -0.15) is 0 Å². The van der Waals surface area contributed by atoms with Gasteiger partial charge in [0.1, 0.15) is 5.75 Å². The van der Waals surface area contributed by atoms with Crippen molar-refractivity contribution >= 4 is 28.3 Å². The van der Waals surface area contributed by atoms with Gasteiger partial charge < -0.3 is 9.15 Å². The minimum atomic E-state index is 0.500. The lowest BCUT2D eigenvalue weighted by atomic mass is 10.1. The molecule has 3 aromatic heterocycles. The van der Waals surface area contributed by atoms with Crippen molar-refractivity contribution in [1.82, 2.24) is 24.8 Å². The molecule has 0 saturated heterocycles. The molecule has 3 heterocycles. The van der Waals surface area contributed by atoms with E-state index in [0.29, 0.717) is 17.5 Å². The molecule has 5 aromatic rings. The fourth-order valence-corrected chi connectivity index (χ4v) is 4.05. The summed E-state index contributed by atoms with van der Waals surface area (Å²) in [5, 5.41) is 18.9. The minimum absolute atomic E-state index is 0.500. The molecule has 0 N–H and O–H groups in total. The second kappa shape index (κ2) is 7.21. The number of methoxy groups -OCH3 is 1. The Kier molecular flexibility index (Phi) is 4.40. The molecule has 144 valence electrons. The van der Waals surface area contributed by atoms with Crippen LogP contribution in [0.5, 0.6) is 5.75 Å².